The molecule has 7 heteroatoms. The van der Waals surface area contributed by atoms with Gasteiger partial charge >= 0.3 is 18.0 Å². The molecule has 3 N–H and O–H groups in total. The van der Waals surface area contributed by atoms with Crippen LogP contribution in [0, 0.1) is 11.8 Å². The van der Waals surface area contributed by atoms with Crippen LogP contribution in [0.4, 0.5) is 4.79 Å². The molecule has 2 amide bonds. The van der Waals surface area contributed by atoms with Gasteiger partial charge in [-0.25, -0.2) is 9.59 Å². The monoisotopic (exact) mass is 530 g/mol. The van der Waals surface area contributed by atoms with E-state index in [1.54, 1.807) is 0 Å². The lowest BCUT2D eigenvalue weighted by molar-refractivity contribution is -0.143. The van der Waals surface area contributed by atoms with Gasteiger partial charge in [0.1, 0.15) is 6.04 Å². The molecule has 3 rings (SSSR count). The number of hydrogen-bond donors (Lipinski definition) is 3. The maximum absolute atomic E-state index is 13.2. The van der Waals surface area contributed by atoms with Crippen molar-refractivity contribution in [3.05, 3.63) is 96.1 Å². The highest BCUT2D eigenvalue weighted by Gasteiger charge is 2.28. The van der Waals surface area contributed by atoms with E-state index in [-0.39, 0.29) is 18.9 Å². The van der Waals surface area contributed by atoms with Crippen LogP contribution in [-0.2, 0) is 22.4 Å². The topological polar surface area (TPSA) is 107 Å². The van der Waals surface area contributed by atoms with Crippen molar-refractivity contribution in [3.8, 4) is 11.1 Å². The van der Waals surface area contributed by atoms with Crippen molar-refractivity contribution < 1.29 is 24.6 Å². The van der Waals surface area contributed by atoms with Gasteiger partial charge in [0.05, 0.1) is 5.92 Å². The minimum absolute atomic E-state index is 0.0201. The number of amides is 2. The molecule has 0 saturated carbocycles. The van der Waals surface area contributed by atoms with E-state index in [4.69, 9.17) is 0 Å². The van der Waals surface area contributed by atoms with Crippen LogP contribution < -0.4 is 5.32 Å². The van der Waals surface area contributed by atoms with E-state index in [1.165, 1.54) is 4.90 Å². The van der Waals surface area contributed by atoms with E-state index in [2.05, 4.69) is 5.32 Å². The van der Waals surface area contributed by atoms with E-state index in [1.807, 2.05) is 98.8 Å². The quantitative estimate of drug-likeness (QED) is 0.246. The van der Waals surface area contributed by atoms with Gasteiger partial charge < -0.3 is 20.4 Å². The van der Waals surface area contributed by atoms with Crippen molar-refractivity contribution in [2.45, 2.75) is 45.6 Å². The van der Waals surface area contributed by atoms with Gasteiger partial charge in [0.2, 0.25) is 0 Å². The highest BCUT2D eigenvalue weighted by Crippen LogP contribution is 2.20. The average Bonchev–Trinajstić information content (AvgIpc) is 2.92. The number of hydrogen-bond acceptors (Lipinski definition) is 3. The first kappa shape index (κ1) is 29.4. The van der Waals surface area contributed by atoms with Crippen molar-refractivity contribution in [2.24, 2.45) is 11.8 Å². The van der Waals surface area contributed by atoms with Crippen LogP contribution in [0.25, 0.3) is 11.1 Å². The van der Waals surface area contributed by atoms with Crippen LogP contribution in [-0.4, -0.2) is 52.2 Å². The van der Waals surface area contributed by atoms with E-state index >= 15 is 0 Å². The van der Waals surface area contributed by atoms with Gasteiger partial charge in [-0.15, -0.1) is 0 Å². The van der Waals surface area contributed by atoms with Gasteiger partial charge in [-0.2, -0.15) is 0 Å². The van der Waals surface area contributed by atoms with E-state index < -0.39 is 29.9 Å². The van der Waals surface area contributed by atoms with Crippen LogP contribution >= 0.6 is 0 Å². The second-order valence-electron chi connectivity index (χ2n) is 10.3. The predicted octanol–water partition coefficient (Wildman–Crippen LogP) is 5.74. The minimum atomic E-state index is -1.14. The highest BCUT2D eigenvalue weighted by molar-refractivity contribution is 5.83. The van der Waals surface area contributed by atoms with E-state index in [0.717, 1.165) is 28.7 Å². The first-order valence-corrected chi connectivity index (χ1v) is 13.4. The zero-order chi connectivity index (χ0) is 28.2. The fourth-order valence-electron chi connectivity index (χ4n) is 4.58. The number of carbonyl (C=O) groups excluding carboxylic acids is 1. The predicted molar refractivity (Wildman–Crippen MR) is 152 cm³/mol. The Bertz CT molecular complexity index is 1200. The number of carboxylic acid groups (broad SMARTS) is 2. The third kappa shape index (κ3) is 9.60. The fraction of sp³-hybridized carbons (Fsp3) is 0.344. The largest absolute Gasteiger partial charge is 0.481 e. The molecule has 0 fully saturated rings. The zero-order valence-electron chi connectivity index (χ0n) is 22.6. The summed E-state index contributed by atoms with van der Waals surface area (Å²) in [4.78, 5) is 38.8. The third-order valence-electron chi connectivity index (χ3n) is 6.62. The molecule has 206 valence electrons. The summed E-state index contributed by atoms with van der Waals surface area (Å²) in [5.74, 6) is -2.76. The average molecular weight is 531 g/mol. The molecule has 0 bridgehead atoms. The first-order chi connectivity index (χ1) is 18.7. The Balaban J connectivity index is 1.64. The van der Waals surface area contributed by atoms with Crippen LogP contribution in [0.2, 0.25) is 0 Å². The number of rotatable bonds is 14. The van der Waals surface area contributed by atoms with Crippen molar-refractivity contribution >= 4 is 18.0 Å². The van der Waals surface area contributed by atoms with Crippen LogP contribution in [0.1, 0.15) is 37.8 Å². The molecule has 0 aliphatic heterocycles. The Hall–Kier alpha value is -4.13. The molecule has 2 atom stereocenters. The van der Waals surface area contributed by atoms with Crippen molar-refractivity contribution in [3.63, 3.8) is 0 Å². The van der Waals surface area contributed by atoms with Crippen LogP contribution in [0.5, 0.6) is 0 Å². The summed E-state index contributed by atoms with van der Waals surface area (Å²) in [6.45, 7) is 4.22. The van der Waals surface area contributed by atoms with Gasteiger partial charge in [0, 0.05) is 19.5 Å². The summed E-state index contributed by atoms with van der Waals surface area (Å²) in [7, 11) is 0. The molecule has 0 aliphatic rings. The molecule has 0 radical (unpaired) electrons. The Labute approximate surface area is 230 Å². The Morgan fingerprint density at radius 1 is 0.744 bits per heavy atom. The van der Waals surface area contributed by atoms with Crippen molar-refractivity contribution in [1.29, 1.82) is 0 Å². The second kappa shape index (κ2) is 14.7. The van der Waals surface area contributed by atoms with Crippen LogP contribution in [0.3, 0.4) is 0 Å². The number of benzene rings is 3. The molecular weight excluding hydrogens is 492 g/mol. The summed E-state index contributed by atoms with van der Waals surface area (Å²) in [5.41, 5.74) is 4.00. The lowest BCUT2D eigenvalue weighted by Gasteiger charge is -2.29. The standard InChI is InChI=1S/C32H38N2O5/c1-23(2)21-34(22-28(30(35)36)15-9-12-24-10-5-3-6-11-24)32(39)33-29(31(37)38)20-25-16-18-27(19-17-25)26-13-7-4-8-14-26/h3-8,10-11,13-14,16-19,23,28-29H,9,12,15,20-22H2,1-2H3,(H,33,39)(H,35,36)(H,37,38)/t28-,29-/m0/s1. The molecule has 7 nitrogen and oxygen atoms in total. The Morgan fingerprint density at radius 2 is 1.33 bits per heavy atom. The fourth-order valence-corrected chi connectivity index (χ4v) is 4.58. The molecule has 0 spiro atoms. The number of aryl methyl sites for hydroxylation is 1. The third-order valence-corrected chi connectivity index (χ3v) is 6.62. The maximum atomic E-state index is 13.2. The Morgan fingerprint density at radius 3 is 1.90 bits per heavy atom. The molecular formula is C32H38N2O5. The highest BCUT2D eigenvalue weighted by atomic mass is 16.4. The van der Waals surface area contributed by atoms with Crippen LogP contribution in [0.15, 0.2) is 84.9 Å². The summed E-state index contributed by atoms with van der Waals surface area (Å²) >= 11 is 0. The summed E-state index contributed by atoms with van der Waals surface area (Å²) < 4.78 is 0. The number of nitrogens with one attached hydrogen (secondary N) is 1. The molecule has 0 heterocycles. The van der Waals surface area contributed by atoms with Gasteiger partial charge in [-0.05, 0) is 47.4 Å². The lowest BCUT2D eigenvalue weighted by Crippen LogP contribution is -2.51. The zero-order valence-corrected chi connectivity index (χ0v) is 22.6. The molecule has 3 aromatic carbocycles. The second-order valence-corrected chi connectivity index (χ2v) is 10.3. The Kier molecular flexibility index (Phi) is 11.1. The van der Waals surface area contributed by atoms with Crippen molar-refractivity contribution in [1.82, 2.24) is 10.2 Å². The normalized spacial score (nSPS) is 12.5. The maximum Gasteiger partial charge on any atom is 0.326 e. The van der Waals surface area contributed by atoms with Gasteiger partial charge in [-0.3, -0.25) is 4.79 Å². The van der Waals surface area contributed by atoms with E-state index in [0.29, 0.717) is 19.4 Å². The molecule has 0 saturated heterocycles. The molecule has 39 heavy (non-hydrogen) atoms. The lowest BCUT2D eigenvalue weighted by atomic mass is 9.98. The first-order valence-electron chi connectivity index (χ1n) is 13.4. The molecule has 0 unspecified atom stereocenters. The van der Waals surface area contributed by atoms with Gasteiger partial charge in [-0.1, -0.05) is 98.8 Å². The van der Waals surface area contributed by atoms with Gasteiger partial charge in [0.15, 0.2) is 0 Å². The summed E-state index contributed by atoms with van der Waals surface area (Å²) in [6, 6.07) is 25.6. The smallest absolute Gasteiger partial charge is 0.326 e. The molecule has 3 aromatic rings. The number of urea groups is 1. The number of carbonyl (C=O) groups is 3. The minimum Gasteiger partial charge on any atom is -0.481 e. The summed E-state index contributed by atoms with van der Waals surface area (Å²) in [5, 5.41) is 22.3. The number of aliphatic carboxylic acids is 2. The number of carboxylic acids is 2. The number of nitrogens with zero attached hydrogens (tertiary/aromatic N) is 1. The van der Waals surface area contributed by atoms with Gasteiger partial charge in [0.25, 0.3) is 0 Å². The van der Waals surface area contributed by atoms with E-state index in [9.17, 15) is 24.6 Å². The molecule has 0 aliphatic carbocycles. The van der Waals surface area contributed by atoms with Crippen molar-refractivity contribution in [2.75, 3.05) is 13.1 Å². The summed E-state index contributed by atoms with van der Waals surface area (Å²) in [6.07, 6.45) is 1.97. The SMILES string of the molecule is CC(C)CN(C[C@H](CCCc1ccccc1)C(=O)O)C(=O)N[C@@H](Cc1ccc(-c2ccccc2)cc1)C(=O)O. The molecule has 0 aromatic heterocycles.